The van der Waals surface area contributed by atoms with Crippen molar-refractivity contribution < 1.29 is 29.2 Å². The van der Waals surface area contributed by atoms with E-state index in [2.05, 4.69) is 19.9 Å². The van der Waals surface area contributed by atoms with Crippen LogP contribution in [0.1, 0.15) is 83.6 Å². The molecule has 0 amide bonds. The second-order valence-electron chi connectivity index (χ2n) is 13.2. The van der Waals surface area contributed by atoms with Crippen LogP contribution in [0.3, 0.4) is 0 Å². The smallest absolute Gasteiger partial charge is 0.335 e. The van der Waals surface area contributed by atoms with Crippen molar-refractivity contribution in [3.8, 4) is 0 Å². The highest BCUT2D eigenvalue weighted by Gasteiger charge is 2.66. The zero-order valence-corrected chi connectivity index (χ0v) is 22.7. The van der Waals surface area contributed by atoms with E-state index in [1.54, 1.807) is 13.2 Å². The van der Waals surface area contributed by atoms with Gasteiger partial charge in [0.2, 0.25) is 0 Å². The largest absolute Gasteiger partial charge is 0.431 e. The Morgan fingerprint density at radius 1 is 1.03 bits per heavy atom. The van der Waals surface area contributed by atoms with Gasteiger partial charge in [-0.25, -0.2) is 4.79 Å². The van der Waals surface area contributed by atoms with Crippen molar-refractivity contribution in [3.63, 3.8) is 0 Å². The summed E-state index contributed by atoms with van der Waals surface area (Å²) in [5, 5.41) is 33.2. The molecule has 1 aromatic rings. The minimum absolute atomic E-state index is 0.00133. The fourth-order valence-corrected chi connectivity index (χ4v) is 9.21. The van der Waals surface area contributed by atoms with Crippen LogP contribution in [0.15, 0.2) is 39.3 Å². The molecule has 0 radical (unpaired) electrons. The highest BCUT2D eigenvalue weighted by atomic mass is 16.7. The predicted octanol–water partition coefficient (Wildman–Crippen LogP) is 2.98. The van der Waals surface area contributed by atoms with Gasteiger partial charge >= 0.3 is 5.63 Å². The van der Waals surface area contributed by atoms with Gasteiger partial charge in [-0.05, 0) is 93.1 Å². The molecule has 6 rings (SSSR count). The van der Waals surface area contributed by atoms with Crippen molar-refractivity contribution in [1.82, 2.24) is 0 Å². The van der Waals surface area contributed by atoms with Crippen LogP contribution in [-0.2, 0) is 9.47 Å². The van der Waals surface area contributed by atoms with E-state index in [0.29, 0.717) is 5.92 Å². The molecule has 3 unspecified atom stereocenters. The molecule has 1 aromatic heterocycles. The maximum atomic E-state index is 12.4. The second kappa shape index (κ2) is 9.25. The number of allylic oxidation sites excluding steroid dienone is 1. The Hall–Kier alpha value is -1.55. The Morgan fingerprint density at radius 3 is 2.55 bits per heavy atom. The molecule has 1 aliphatic heterocycles. The van der Waals surface area contributed by atoms with Gasteiger partial charge in [-0.3, -0.25) is 0 Å². The first-order chi connectivity index (χ1) is 18.0. The van der Waals surface area contributed by atoms with Crippen LogP contribution in [0.5, 0.6) is 0 Å². The highest BCUT2D eigenvalue weighted by Crippen LogP contribution is 2.70. The van der Waals surface area contributed by atoms with Crippen molar-refractivity contribution in [3.05, 3.63) is 46.0 Å². The number of rotatable bonds is 3. The molecule has 3 saturated carbocycles. The van der Waals surface area contributed by atoms with Crippen LogP contribution < -0.4 is 11.4 Å². The number of aliphatic hydroxyl groups is 3. The van der Waals surface area contributed by atoms with Crippen LogP contribution in [0.4, 0.5) is 0 Å². The number of nitrogens with two attached hydrogens (primary N) is 1. The molecule has 8 heteroatoms. The number of fused-ring (bicyclic) bond motifs is 5. The normalized spacial score (nSPS) is 50.5. The summed E-state index contributed by atoms with van der Waals surface area (Å²) in [5.41, 5.74) is 7.01. The lowest BCUT2D eigenvalue weighted by atomic mass is 9.45. The van der Waals surface area contributed by atoms with Gasteiger partial charge in [-0.1, -0.05) is 25.5 Å². The summed E-state index contributed by atoms with van der Waals surface area (Å²) in [5.74, 6) is 0.799. The van der Waals surface area contributed by atoms with E-state index in [1.807, 2.05) is 6.07 Å². The first-order valence-corrected chi connectivity index (χ1v) is 14.4. The van der Waals surface area contributed by atoms with Gasteiger partial charge in [0.25, 0.3) is 0 Å². The van der Waals surface area contributed by atoms with Gasteiger partial charge in [0.05, 0.1) is 30.1 Å². The van der Waals surface area contributed by atoms with Crippen molar-refractivity contribution in [1.29, 1.82) is 0 Å². The van der Waals surface area contributed by atoms with E-state index in [-0.39, 0.29) is 34.4 Å². The van der Waals surface area contributed by atoms with Gasteiger partial charge < -0.3 is 34.9 Å². The molecule has 0 spiro atoms. The van der Waals surface area contributed by atoms with Gasteiger partial charge in [0, 0.05) is 11.5 Å². The molecule has 12 atom stereocenters. The van der Waals surface area contributed by atoms with Gasteiger partial charge in [-0.2, -0.15) is 0 Å². The molecule has 8 nitrogen and oxygen atoms in total. The van der Waals surface area contributed by atoms with E-state index in [9.17, 15) is 20.1 Å². The standard InChI is InChI=1S/C30H43NO7/c1-16-24(31)25(33)26(34)27(37-16)38-19-8-11-28(2)18(14-19)5-6-22-21(28)9-12-29(3)20(10-13-30(22,29)35)17-4-7-23(32)36-15-17/h4,7,14-16,19-22,24-27,33-35H,5-6,8-13,31H2,1-3H3/t16-,19-,20+,21?,22?,24-,25+,26+,27?,28-,29+,30-/m0/s1. The summed E-state index contributed by atoms with van der Waals surface area (Å²) in [4.78, 5) is 11.5. The highest BCUT2D eigenvalue weighted by molar-refractivity contribution is 5.31. The molecule has 4 fully saturated rings. The average molecular weight is 530 g/mol. The SMILES string of the molecule is C[C@@H]1OC(O[C@@H]2C=C3CCC4C(CC[C@]5(C)[C@@H](c6ccc(=O)oc6)CC[C@]45O)[C@@]3(C)CC2)[C@H](O)[C@H](O)[C@H]1N. The van der Waals surface area contributed by atoms with Gasteiger partial charge in [0.15, 0.2) is 6.29 Å². The Bertz CT molecular complexity index is 1130. The predicted molar refractivity (Wildman–Crippen MR) is 140 cm³/mol. The molecule has 4 aliphatic carbocycles. The molecule has 5 aliphatic rings. The van der Waals surface area contributed by atoms with E-state index < -0.39 is 36.2 Å². The van der Waals surface area contributed by atoms with E-state index in [4.69, 9.17) is 19.6 Å². The van der Waals surface area contributed by atoms with Crippen molar-refractivity contribution in [2.24, 2.45) is 28.4 Å². The van der Waals surface area contributed by atoms with E-state index in [0.717, 1.165) is 56.9 Å². The lowest BCUT2D eigenvalue weighted by Gasteiger charge is -2.62. The summed E-state index contributed by atoms with van der Waals surface area (Å²) in [6.45, 7) is 6.41. The van der Waals surface area contributed by atoms with Crippen LogP contribution in [0, 0.1) is 22.7 Å². The molecule has 1 saturated heterocycles. The minimum Gasteiger partial charge on any atom is -0.431 e. The van der Waals surface area contributed by atoms with Crippen LogP contribution in [0.25, 0.3) is 0 Å². The third-order valence-corrected chi connectivity index (χ3v) is 11.6. The fraction of sp³-hybridized carbons (Fsp3) is 0.767. The molecule has 210 valence electrons. The topological polar surface area (TPSA) is 135 Å². The van der Waals surface area contributed by atoms with Crippen molar-refractivity contribution in [2.45, 2.75) is 120 Å². The maximum Gasteiger partial charge on any atom is 0.335 e. The molecule has 2 heterocycles. The van der Waals surface area contributed by atoms with Crippen LogP contribution in [-0.4, -0.2) is 57.7 Å². The fourth-order valence-electron chi connectivity index (χ4n) is 9.21. The maximum absolute atomic E-state index is 12.4. The molecular weight excluding hydrogens is 486 g/mol. The summed E-state index contributed by atoms with van der Waals surface area (Å²) >= 11 is 0. The summed E-state index contributed by atoms with van der Waals surface area (Å²) < 4.78 is 17.2. The lowest BCUT2D eigenvalue weighted by molar-refractivity contribution is -0.279. The van der Waals surface area contributed by atoms with Gasteiger partial charge in [-0.15, -0.1) is 0 Å². The van der Waals surface area contributed by atoms with E-state index in [1.165, 1.54) is 11.6 Å². The van der Waals surface area contributed by atoms with Gasteiger partial charge in [0.1, 0.15) is 12.2 Å². The minimum atomic E-state index is -1.18. The summed E-state index contributed by atoms with van der Waals surface area (Å²) in [7, 11) is 0. The monoisotopic (exact) mass is 529 g/mol. The third-order valence-electron chi connectivity index (χ3n) is 11.6. The van der Waals surface area contributed by atoms with E-state index >= 15 is 0 Å². The first-order valence-electron chi connectivity index (χ1n) is 14.4. The number of ether oxygens (including phenoxy) is 2. The molecule has 0 aromatic carbocycles. The van der Waals surface area contributed by atoms with Crippen LogP contribution >= 0.6 is 0 Å². The quantitative estimate of drug-likeness (QED) is 0.439. The first kappa shape index (κ1) is 26.7. The lowest BCUT2D eigenvalue weighted by Crippen LogP contribution is -2.61. The summed E-state index contributed by atoms with van der Waals surface area (Å²) in [6.07, 6.45) is 7.33. The Kier molecular flexibility index (Phi) is 6.49. The van der Waals surface area contributed by atoms with Crippen LogP contribution in [0.2, 0.25) is 0 Å². The Balaban J connectivity index is 1.21. The Morgan fingerprint density at radius 2 is 1.82 bits per heavy atom. The molecule has 0 bridgehead atoms. The zero-order valence-electron chi connectivity index (χ0n) is 22.7. The Labute approximate surface area is 224 Å². The molecule has 5 N–H and O–H groups in total. The number of hydrogen-bond donors (Lipinski definition) is 4. The van der Waals surface area contributed by atoms with Crippen molar-refractivity contribution >= 4 is 0 Å². The molecular formula is C30H43NO7. The average Bonchev–Trinajstić information content (AvgIpc) is 3.18. The number of aliphatic hydroxyl groups excluding tert-OH is 2. The third kappa shape index (κ3) is 3.82. The van der Waals surface area contributed by atoms with Crippen molar-refractivity contribution in [2.75, 3.05) is 0 Å². The summed E-state index contributed by atoms with van der Waals surface area (Å²) in [6, 6.07) is 2.73. The molecule has 38 heavy (non-hydrogen) atoms. The number of hydrogen-bond acceptors (Lipinski definition) is 8. The second-order valence-corrected chi connectivity index (χ2v) is 13.2. The zero-order chi connectivity index (χ0) is 27.0.